The van der Waals surface area contributed by atoms with Crippen LogP contribution in [-0.2, 0) is 21.6 Å². The van der Waals surface area contributed by atoms with Crippen LogP contribution in [0.15, 0.2) is 41.4 Å². The van der Waals surface area contributed by atoms with Crippen molar-refractivity contribution in [3.05, 3.63) is 47.8 Å². The van der Waals surface area contributed by atoms with Crippen molar-refractivity contribution >= 4 is 15.8 Å². The van der Waals surface area contributed by atoms with E-state index < -0.39 is 21.1 Å². The predicted molar refractivity (Wildman–Crippen MR) is 76.6 cm³/mol. The number of esters is 1. The molecule has 0 bridgehead atoms. The third-order valence-corrected chi connectivity index (χ3v) is 5.33. The highest BCUT2D eigenvalue weighted by Gasteiger charge is 2.32. The van der Waals surface area contributed by atoms with Gasteiger partial charge in [0.25, 0.3) is 0 Å². The molecule has 1 atom stereocenters. The van der Waals surface area contributed by atoms with Crippen LogP contribution in [0.2, 0.25) is 0 Å². The molecule has 0 N–H and O–H groups in total. The zero-order chi connectivity index (χ0) is 15.6. The van der Waals surface area contributed by atoms with Crippen LogP contribution in [0, 0.1) is 0 Å². The second-order valence-corrected chi connectivity index (χ2v) is 6.84. The first-order valence-corrected chi connectivity index (χ1v) is 7.83. The summed E-state index contributed by atoms with van der Waals surface area (Å²) in [5, 5.41) is 3.10. The maximum Gasteiger partial charge on any atom is 0.359 e. The van der Waals surface area contributed by atoms with E-state index in [9.17, 15) is 13.2 Å². The average molecular weight is 308 g/mol. The minimum atomic E-state index is -3.74. The lowest BCUT2D eigenvalue weighted by molar-refractivity contribution is 0.0589. The summed E-state index contributed by atoms with van der Waals surface area (Å²) in [5.74, 6) is -0.769. The van der Waals surface area contributed by atoms with Crippen molar-refractivity contribution < 1.29 is 17.9 Å². The number of ether oxygens (including phenoxy) is 1. The highest BCUT2D eigenvalue weighted by atomic mass is 32.2. The quantitative estimate of drug-likeness (QED) is 0.804. The number of methoxy groups -OCH3 is 1. The fraction of sp³-hybridized carbons (Fsp3) is 0.286. The molecule has 0 aliphatic carbocycles. The minimum Gasteiger partial charge on any atom is -0.464 e. The van der Waals surface area contributed by atoms with E-state index in [0.29, 0.717) is 5.56 Å². The summed E-state index contributed by atoms with van der Waals surface area (Å²) in [4.78, 5) is 11.6. The molecule has 6 nitrogen and oxygen atoms in total. The Morgan fingerprint density at radius 1 is 1.29 bits per heavy atom. The molecule has 112 valence electrons. The summed E-state index contributed by atoms with van der Waals surface area (Å²) in [6.45, 7) is 1.58. The molecule has 0 aliphatic rings. The highest BCUT2D eigenvalue weighted by Crippen LogP contribution is 2.30. The molecule has 0 radical (unpaired) electrons. The Kier molecular flexibility index (Phi) is 4.13. The number of rotatable bonds is 4. The monoisotopic (exact) mass is 308 g/mol. The van der Waals surface area contributed by atoms with Crippen LogP contribution in [0.5, 0.6) is 0 Å². The summed E-state index contributed by atoms with van der Waals surface area (Å²) in [7, 11) is -0.998. The predicted octanol–water partition coefficient (Wildman–Crippen LogP) is 1.74. The standard InChI is InChI=1S/C14H16N2O4S/c1-10(11-7-5-4-6-8-11)21(18,19)12-9-16(2)15-13(12)14(17)20-3/h4-10H,1-3H3. The number of aromatic nitrogens is 2. The molecule has 21 heavy (non-hydrogen) atoms. The second-order valence-electron chi connectivity index (χ2n) is 4.61. The van der Waals surface area contributed by atoms with Gasteiger partial charge in [0.15, 0.2) is 15.5 Å². The molecule has 0 spiro atoms. The zero-order valence-corrected chi connectivity index (χ0v) is 12.8. The van der Waals surface area contributed by atoms with E-state index in [-0.39, 0.29) is 10.6 Å². The maximum atomic E-state index is 12.7. The van der Waals surface area contributed by atoms with Gasteiger partial charge in [0.1, 0.15) is 4.90 Å². The summed E-state index contributed by atoms with van der Waals surface area (Å²) in [6.07, 6.45) is 1.32. The first-order valence-electron chi connectivity index (χ1n) is 6.28. The van der Waals surface area contributed by atoms with E-state index in [1.165, 1.54) is 18.0 Å². The Labute approximate surface area is 123 Å². The number of hydrogen-bond donors (Lipinski definition) is 0. The molecular formula is C14H16N2O4S. The van der Waals surface area contributed by atoms with Crippen LogP contribution in [0.25, 0.3) is 0 Å². The van der Waals surface area contributed by atoms with E-state index in [0.717, 1.165) is 0 Å². The molecule has 0 fully saturated rings. The summed E-state index contributed by atoms with van der Waals surface area (Å²) in [5.41, 5.74) is 0.458. The lowest BCUT2D eigenvalue weighted by Crippen LogP contribution is -2.14. The second kappa shape index (κ2) is 5.69. The van der Waals surface area contributed by atoms with Crippen molar-refractivity contribution in [2.24, 2.45) is 7.05 Å². The van der Waals surface area contributed by atoms with Gasteiger partial charge >= 0.3 is 5.97 Å². The maximum absolute atomic E-state index is 12.7. The van der Waals surface area contributed by atoms with E-state index in [1.807, 2.05) is 6.07 Å². The van der Waals surface area contributed by atoms with Gasteiger partial charge in [-0.2, -0.15) is 5.10 Å². The van der Waals surface area contributed by atoms with E-state index in [1.54, 1.807) is 38.2 Å². The number of sulfone groups is 1. The van der Waals surface area contributed by atoms with Gasteiger partial charge in [-0.25, -0.2) is 13.2 Å². The zero-order valence-electron chi connectivity index (χ0n) is 12.0. The molecular weight excluding hydrogens is 292 g/mol. The molecule has 1 aromatic carbocycles. The molecule has 7 heteroatoms. The molecule has 0 saturated carbocycles. The first kappa shape index (κ1) is 15.2. The Bertz CT molecular complexity index is 751. The van der Waals surface area contributed by atoms with Crippen LogP contribution in [0.3, 0.4) is 0 Å². The largest absolute Gasteiger partial charge is 0.464 e. The van der Waals surface area contributed by atoms with Crippen LogP contribution in [0.4, 0.5) is 0 Å². The lowest BCUT2D eigenvalue weighted by atomic mass is 10.2. The van der Waals surface area contributed by atoms with E-state index in [2.05, 4.69) is 9.84 Å². The molecule has 1 aromatic heterocycles. The van der Waals surface area contributed by atoms with Crippen molar-refractivity contribution in [1.82, 2.24) is 9.78 Å². The topological polar surface area (TPSA) is 78.3 Å². The van der Waals surface area contributed by atoms with Gasteiger partial charge in [0, 0.05) is 13.2 Å². The fourth-order valence-electron chi connectivity index (χ4n) is 2.01. The molecule has 0 aliphatic heterocycles. The first-order chi connectivity index (χ1) is 9.87. The van der Waals surface area contributed by atoms with Crippen LogP contribution >= 0.6 is 0 Å². The number of aryl methyl sites for hydroxylation is 1. The Hall–Kier alpha value is -2.15. The third-order valence-electron chi connectivity index (χ3n) is 3.21. The Balaban J connectivity index is 2.52. The van der Waals surface area contributed by atoms with Gasteiger partial charge in [-0.15, -0.1) is 0 Å². The molecule has 1 unspecified atom stereocenters. The molecule has 2 aromatic rings. The Morgan fingerprint density at radius 3 is 2.48 bits per heavy atom. The highest BCUT2D eigenvalue weighted by molar-refractivity contribution is 7.91. The van der Waals surface area contributed by atoms with Gasteiger partial charge in [-0.3, -0.25) is 4.68 Å². The van der Waals surface area contributed by atoms with Gasteiger partial charge in [0.05, 0.1) is 12.4 Å². The normalized spacial score (nSPS) is 12.9. The molecule has 0 saturated heterocycles. The Morgan fingerprint density at radius 2 is 1.90 bits per heavy atom. The van der Waals surface area contributed by atoms with Crippen molar-refractivity contribution in [2.75, 3.05) is 7.11 Å². The van der Waals surface area contributed by atoms with Crippen molar-refractivity contribution in [1.29, 1.82) is 0 Å². The summed E-state index contributed by atoms with van der Waals surface area (Å²) >= 11 is 0. The molecule has 0 amide bonds. The van der Waals surface area contributed by atoms with E-state index in [4.69, 9.17) is 0 Å². The summed E-state index contributed by atoms with van der Waals surface area (Å²) < 4.78 is 31.3. The average Bonchev–Trinajstić information content (AvgIpc) is 2.89. The lowest BCUT2D eigenvalue weighted by Gasteiger charge is -2.12. The van der Waals surface area contributed by atoms with Crippen molar-refractivity contribution in [3.8, 4) is 0 Å². The summed E-state index contributed by atoms with van der Waals surface area (Å²) in [6, 6.07) is 8.82. The van der Waals surface area contributed by atoms with Gasteiger partial charge in [-0.1, -0.05) is 30.3 Å². The smallest absolute Gasteiger partial charge is 0.359 e. The number of nitrogens with zero attached hydrogens (tertiary/aromatic N) is 2. The number of carbonyl (C=O) groups excluding carboxylic acids is 1. The number of carbonyl (C=O) groups is 1. The van der Waals surface area contributed by atoms with Gasteiger partial charge in [-0.05, 0) is 12.5 Å². The minimum absolute atomic E-state index is 0.117. The van der Waals surface area contributed by atoms with Gasteiger partial charge < -0.3 is 4.74 Å². The SMILES string of the molecule is COC(=O)c1nn(C)cc1S(=O)(=O)C(C)c1ccccc1. The van der Waals surface area contributed by atoms with Gasteiger partial charge in [0.2, 0.25) is 0 Å². The number of hydrogen-bond acceptors (Lipinski definition) is 5. The van der Waals surface area contributed by atoms with Crippen LogP contribution in [-0.4, -0.2) is 31.3 Å². The third kappa shape index (κ3) is 2.82. The molecule has 1 heterocycles. The van der Waals surface area contributed by atoms with Crippen LogP contribution < -0.4 is 0 Å². The molecule has 2 rings (SSSR count). The number of benzene rings is 1. The van der Waals surface area contributed by atoms with Crippen LogP contribution in [0.1, 0.15) is 28.2 Å². The van der Waals surface area contributed by atoms with E-state index >= 15 is 0 Å². The fourth-order valence-corrected chi connectivity index (χ4v) is 3.60. The van der Waals surface area contributed by atoms with Crippen molar-refractivity contribution in [3.63, 3.8) is 0 Å². The van der Waals surface area contributed by atoms with Crippen molar-refractivity contribution in [2.45, 2.75) is 17.1 Å².